The molecule has 1 saturated heterocycles. The van der Waals surface area contributed by atoms with Gasteiger partial charge in [0.2, 0.25) is 0 Å². The van der Waals surface area contributed by atoms with Gasteiger partial charge in [0.1, 0.15) is 12.2 Å². The van der Waals surface area contributed by atoms with Gasteiger partial charge in [-0.3, -0.25) is 0 Å². The maximum absolute atomic E-state index is 12.4. The third-order valence-electron chi connectivity index (χ3n) is 6.38. The van der Waals surface area contributed by atoms with Crippen LogP contribution in [0.2, 0.25) is 0 Å². The first-order valence-electron chi connectivity index (χ1n) is 11.5. The topological polar surface area (TPSA) is 85.4 Å². The molecule has 1 N–H and O–H groups in total. The van der Waals surface area contributed by atoms with Crippen LogP contribution in [-0.2, 0) is 23.8 Å². The number of hydrogen-bond acceptors (Lipinski definition) is 5. The van der Waals surface area contributed by atoms with Crippen molar-refractivity contribution < 1.29 is 28.9 Å². The van der Waals surface area contributed by atoms with E-state index < -0.39 is 11.9 Å². The molecule has 1 spiro atoms. The molecule has 2 rings (SSSR count). The van der Waals surface area contributed by atoms with Crippen molar-refractivity contribution in [3.8, 4) is 0 Å². The molecule has 1 aliphatic heterocycles. The lowest BCUT2D eigenvalue weighted by Crippen LogP contribution is -2.55. The van der Waals surface area contributed by atoms with Crippen LogP contribution in [0.4, 0.5) is 0 Å². The molecule has 182 valence electrons. The van der Waals surface area contributed by atoms with Gasteiger partial charge in [0.25, 0.3) is 0 Å². The van der Waals surface area contributed by atoms with Crippen molar-refractivity contribution in [2.75, 3.05) is 13.7 Å². The zero-order valence-corrected chi connectivity index (χ0v) is 20.5. The minimum atomic E-state index is -0.999. The molecular formula is C27H38O6. The van der Waals surface area contributed by atoms with E-state index in [4.69, 9.17) is 19.3 Å². The third kappa shape index (κ3) is 8.13. The largest absolute Gasteiger partial charge is 0.478 e. The second kappa shape index (κ2) is 12.1. The Morgan fingerprint density at radius 3 is 2.24 bits per heavy atom. The third-order valence-corrected chi connectivity index (χ3v) is 6.38. The maximum atomic E-state index is 12.4. The number of hydrogen-bond donors (Lipinski definition) is 1. The molecule has 0 aromatic heterocycles. The van der Waals surface area contributed by atoms with Crippen LogP contribution in [0.1, 0.15) is 53.4 Å². The Morgan fingerprint density at radius 2 is 1.70 bits per heavy atom. The van der Waals surface area contributed by atoms with Gasteiger partial charge in [0.05, 0.1) is 12.2 Å². The standard InChI is InChI=1S/C27H38O6/c1-20(2)13-12-17-26(3,4)25-24(31-5)21(16-18-27(25)19-32-27)33-23(30)15-11-9-7-6-8-10-14-22(28)29/h6-11,13-15,21,24-25H,12,16-19H2,1-5H3,(H,28,29)/b8-6+,9-7+,14-10+,15-11+. The Kier molecular flexibility index (Phi) is 9.87. The Bertz CT molecular complexity index is 822. The fourth-order valence-electron chi connectivity index (χ4n) is 4.81. The van der Waals surface area contributed by atoms with Gasteiger partial charge in [-0.2, -0.15) is 0 Å². The molecule has 0 bridgehead atoms. The van der Waals surface area contributed by atoms with Crippen LogP contribution in [0.15, 0.2) is 60.3 Å². The average molecular weight is 459 g/mol. The SMILES string of the molecule is COC1C(OC(=O)/C=C/C=C/C=C/C=C/C(=O)O)CCC2(CO2)C1C(C)(C)CCC=C(C)C. The molecule has 1 saturated carbocycles. The first-order chi connectivity index (χ1) is 15.6. The van der Waals surface area contributed by atoms with Crippen LogP contribution in [0.25, 0.3) is 0 Å². The van der Waals surface area contributed by atoms with Crippen LogP contribution >= 0.6 is 0 Å². The highest BCUT2D eigenvalue weighted by molar-refractivity contribution is 5.82. The van der Waals surface area contributed by atoms with E-state index in [1.165, 1.54) is 17.7 Å². The number of rotatable bonds is 11. The van der Waals surface area contributed by atoms with Crippen molar-refractivity contribution in [1.82, 2.24) is 0 Å². The minimum Gasteiger partial charge on any atom is -0.478 e. The maximum Gasteiger partial charge on any atom is 0.331 e. The van der Waals surface area contributed by atoms with Crippen LogP contribution < -0.4 is 0 Å². The van der Waals surface area contributed by atoms with E-state index in [2.05, 4.69) is 33.8 Å². The molecule has 6 heteroatoms. The second-order valence-corrected chi connectivity index (χ2v) is 9.68. The summed E-state index contributed by atoms with van der Waals surface area (Å²) in [5, 5.41) is 8.52. The number of allylic oxidation sites excluding steroid dienone is 8. The van der Waals surface area contributed by atoms with Gasteiger partial charge in [-0.05, 0) is 44.9 Å². The van der Waals surface area contributed by atoms with Gasteiger partial charge in [-0.25, -0.2) is 9.59 Å². The quantitative estimate of drug-likeness (QED) is 0.151. The van der Waals surface area contributed by atoms with E-state index in [-0.39, 0.29) is 29.1 Å². The molecule has 1 heterocycles. The Hall–Kier alpha value is -2.44. The van der Waals surface area contributed by atoms with Crippen LogP contribution in [0.3, 0.4) is 0 Å². The highest BCUT2D eigenvalue weighted by Gasteiger charge is 2.63. The first-order valence-corrected chi connectivity index (χ1v) is 11.5. The van der Waals surface area contributed by atoms with E-state index in [0.29, 0.717) is 6.42 Å². The van der Waals surface area contributed by atoms with Gasteiger partial charge in [-0.1, -0.05) is 62.0 Å². The number of carboxylic acid groups (broad SMARTS) is 1. The summed E-state index contributed by atoms with van der Waals surface area (Å²) in [6.45, 7) is 9.49. The summed E-state index contributed by atoms with van der Waals surface area (Å²) in [4.78, 5) is 22.8. The smallest absolute Gasteiger partial charge is 0.331 e. The van der Waals surface area contributed by atoms with E-state index in [0.717, 1.165) is 31.9 Å². The summed E-state index contributed by atoms with van der Waals surface area (Å²) in [6.07, 6.45) is 17.4. The predicted octanol–water partition coefficient (Wildman–Crippen LogP) is 5.17. The van der Waals surface area contributed by atoms with Crippen molar-refractivity contribution in [1.29, 1.82) is 0 Å². The summed E-state index contributed by atoms with van der Waals surface area (Å²) in [6, 6.07) is 0. The van der Waals surface area contributed by atoms with E-state index in [1.807, 2.05) is 0 Å². The fraction of sp³-hybridized carbons (Fsp3) is 0.556. The molecule has 0 amide bonds. The van der Waals surface area contributed by atoms with Crippen molar-refractivity contribution in [3.05, 3.63) is 60.3 Å². The van der Waals surface area contributed by atoms with Gasteiger partial charge in [-0.15, -0.1) is 0 Å². The van der Waals surface area contributed by atoms with E-state index >= 15 is 0 Å². The molecule has 0 aromatic carbocycles. The van der Waals surface area contributed by atoms with Crippen LogP contribution in [0, 0.1) is 11.3 Å². The normalized spacial score (nSPS) is 27.7. The Morgan fingerprint density at radius 1 is 1.09 bits per heavy atom. The summed E-state index contributed by atoms with van der Waals surface area (Å²) >= 11 is 0. The lowest BCUT2D eigenvalue weighted by molar-refractivity contribution is -0.171. The summed E-state index contributed by atoms with van der Waals surface area (Å²) < 4.78 is 17.7. The lowest BCUT2D eigenvalue weighted by atomic mass is 9.61. The van der Waals surface area contributed by atoms with Gasteiger partial charge >= 0.3 is 11.9 Å². The van der Waals surface area contributed by atoms with E-state index in [9.17, 15) is 9.59 Å². The average Bonchev–Trinajstić information content (AvgIpc) is 3.49. The number of carbonyl (C=O) groups excluding carboxylic acids is 1. The van der Waals surface area contributed by atoms with Crippen molar-refractivity contribution >= 4 is 11.9 Å². The zero-order valence-electron chi connectivity index (χ0n) is 20.5. The molecule has 4 unspecified atom stereocenters. The highest BCUT2D eigenvalue weighted by Crippen LogP contribution is 2.55. The highest BCUT2D eigenvalue weighted by atomic mass is 16.6. The molecule has 6 nitrogen and oxygen atoms in total. The number of esters is 1. The van der Waals surface area contributed by atoms with Gasteiger partial charge in [0, 0.05) is 25.2 Å². The fourth-order valence-corrected chi connectivity index (χ4v) is 4.81. The molecule has 2 aliphatic rings. The summed E-state index contributed by atoms with van der Waals surface area (Å²) in [5.74, 6) is -1.27. The monoisotopic (exact) mass is 458 g/mol. The lowest BCUT2D eigenvalue weighted by Gasteiger charge is -2.48. The van der Waals surface area contributed by atoms with Gasteiger partial charge in [0.15, 0.2) is 0 Å². The number of aliphatic carboxylic acids is 1. The number of epoxide rings is 1. The van der Waals surface area contributed by atoms with E-state index in [1.54, 1.807) is 37.5 Å². The summed E-state index contributed by atoms with van der Waals surface area (Å²) in [5.41, 5.74) is 1.11. The molecule has 0 radical (unpaired) electrons. The molecule has 4 atom stereocenters. The van der Waals surface area contributed by atoms with Crippen molar-refractivity contribution in [3.63, 3.8) is 0 Å². The molecule has 33 heavy (non-hydrogen) atoms. The molecule has 2 fully saturated rings. The number of methoxy groups -OCH3 is 1. The predicted molar refractivity (Wildman–Crippen MR) is 129 cm³/mol. The summed E-state index contributed by atoms with van der Waals surface area (Å²) in [7, 11) is 1.69. The van der Waals surface area contributed by atoms with Crippen LogP contribution in [0.5, 0.6) is 0 Å². The number of ether oxygens (including phenoxy) is 3. The second-order valence-electron chi connectivity index (χ2n) is 9.68. The molecule has 1 aliphatic carbocycles. The first kappa shape index (κ1) is 26.8. The molecule has 0 aromatic rings. The minimum absolute atomic E-state index is 0.0335. The molecular weight excluding hydrogens is 420 g/mol. The Labute approximate surface area is 197 Å². The van der Waals surface area contributed by atoms with Crippen molar-refractivity contribution in [2.24, 2.45) is 11.3 Å². The van der Waals surface area contributed by atoms with Crippen molar-refractivity contribution in [2.45, 2.75) is 71.2 Å². The Balaban J connectivity index is 2.00. The van der Waals surface area contributed by atoms with Gasteiger partial charge < -0.3 is 19.3 Å². The van der Waals surface area contributed by atoms with Crippen LogP contribution in [-0.4, -0.2) is 48.6 Å². The number of carbonyl (C=O) groups is 2. The zero-order chi connectivity index (χ0) is 24.5. The number of carboxylic acids is 1.